The second-order valence-electron chi connectivity index (χ2n) is 6.83. The molecule has 0 atom stereocenters. The van der Waals surface area contributed by atoms with E-state index in [1.165, 1.54) is 29.8 Å². The topological polar surface area (TPSA) is 151 Å². The Kier molecular flexibility index (Phi) is 8.66. The van der Waals surface area contributed by atoms with Crippen LogP contribution in [0.4, 0.5) is 5.69 Å². The number of hydrogen-bond acceptors (Lipinski definition) is 7. The zero-order chi connectivity index (χ0) is 23.7. The highest BCUT2D eigenvalue weighted by Gasteiger charge is 2.22. The molecule has 0 aliphatic carbocycles. The van der Waals surface area contributed by atoms with Crippen LogP contribution in [0.2, 0.25) is 0 Å². The third kappa shape index (κ3) is 7.06. The summed E-state index contributed by atoms with van der Waals surface area (Å²) < 4.78 is 5.17. The van der Waals surface area contributed by atoms with Gasteiger partial charge in [-0.1, -0.05) is 12.1 Å². The van der Waals surface area contributed by atoms with Gasteiger partial charge in [-0.05, 0) is 29.8 Å². The van der Waals surface area contributed by atoms with Gasteiger partial charge in [-0.25, -0.2) is 9.59 Å². The number of carboxylic acid groups (broad SMARTS) is 2. The summed E-state index contributed by atoms with van der Waals surface area (Å²) in [5.74, 6) is -2.89. The normalized spacial score (nSPS) is 13.5. The summed E-state index contributed by atoms with van der Waals surface area (Å²) >= 11 is 0. The van der Waals surface area contributed by atoms with Gasteiger partial charge in [0.2, 0.25) is 0 Å². The van der Waals surface area contributed by atoms with E-state index in [2.05, 4.69) is 4.90 Å². The molecule has 0 saturated carbocycles. The van der Waals surface area contributed by atoms with Crippen molar-refractivity contribution in [2.75, 3.05) is 33.3 Å². The number of methoxy groups -OCH3 is 1. The van der Waals surface area contributed by atoms with E-state index in [0.717, 1.165) is 25.4 Å². The number of non-ortho nitro benzene ring substituents is 1. The molecule has 0 unspecified atom stereocenters. The van der Waals surface area contributed by atoms with Gasteiger partial charge in [-0.3, -0.25) is 19.8 Å². The van der Waals surface area contributed by atoms with E-state index in [0.29, 0.717) is 18.7 Å². The number of amides is 1. The molecule has 1 saturated heterocycles. The Hall–Kier alpha value is -3.99. The Morgan fingerprint density at radius 1 is 0.938 bits per heavy atom. The Morgan fingerprint density at radius 3 is 1.91 bits per heavy atom. The SMILES string of the molecule is COc1ccc(CN2CCN(C(=O)c3ccc([N+](=O)[O-])cc3)CC2)cc1.O=C(O)C(=O)O. The summed E-state index contributed by atoms with van der Waals surface area (Å²) in [7, 11) is 1.65. The van der Waals surface area contributed by atoms with Crippen molar-refractivity contribution in [2.45, 2.75) is 6.54 Å². The van der Waals surface area contributed by atoms with Gasteiger partial charge in [0.1, 0.15) is 5.75 Å². The van der Waals surface area contributed by atoms with Crippen LogP contribution in [0, 0.1) is 10.1 Å². The number of nitro benzene ring substituents is 1. The number of carboxylic acids is 2. The minimum Gasteiger partial charge on any atom is -0.497 e. The first-order valence-corrected chi connectivity index (χ1v) is 9.56. The van der Waals surface area contributed by atoms with Gasteiger partial charge >= 0.3 is 11.9 Å². The van der Waals surface area contributed by atoms with E-state index in [9.17, 15) is 14.9 Å². The lowest BCUT2D eigenvalue weighted by molar-refractivity contribution is -0.384. The molecule has 1 heterocycles. The van der Waals surface area contributed by atoms with Crippen LogP contribution < -0.4 is 4.74 Å². The lowest BCUT2D eigenvalue weighted by Gasteiger charge is -2.34. The molecular weight excluding hydrogens is 422 g/mol. The molecule has 1 fully saturated rings. The molecule has 32 heavy (non-hydrogen) atoms. The van der Waals surface area contributed by atoms with Crippen molar-refractivity contribution in [3.63, 3.8) is 0 Å². The quantitative estimate of drug-likeness (QED) is 0.398. The van der Waals surface area contributed by atoms with E-state index in [4.69, 9.17) is 24.5 Å². The molecule has 0 radical (unpaired) electrons. The highest BCUT2D eigenvalue weighted by molar-refractivity contribution is 6.27. The van der Waals surface area contributed by atoms with Crippen molar-refractivity contribution in [1.29, 1.82) is 0 Å². The summed E-state index contributed by atoms with van der Waals surface area (Å²) in [6, 6.07) is 13.8. The van der Waals surface area contributed by atoms with Gasteiger partial charge in [-0.15, -0.1) is 0 Å². The minimum atomic E-state index is -1.82. The Morgan fingerprint density at radius 2 is 1.47 bits per heavy atom. The molecule has 0 bridgehead atoms. The zero-order valence-electron chi connectivity index (χ0n) is 17.3. The molecule has 0 aromatic heterocycles. The largest absolute Gasteiger partial charge is 0.497 e. The average molecular weight is 445 g/mol. The van der Waals surface area contributed by atoms with Crippen molar-refractivity contribution in [3.05, 3.63) is 69.8 Å². The maximum Gasteiger partial charge on any atom is 0.414 e. The molecule has 1 amide bonds. The number of rotatable bonds is 5. The number of carbonyl (C=O) groups is 3. The van der Waals surface area contributed by atoms with E-state index >= 15 is 0 Å². The van der Waals surface area contributed by atoms with E-state index in [1.807, 2.05) is 24.3 Å². The van der Waals surface area contributed by atoms with Crippen LogP contribution in [-0.2, 0) is 16.1 Å². The predicted octanol–water partition coefficient (Wildman–Crippen LogP) is 1.72. The highest BCUT2D eigenvalue weighted by Crippen LogP contribution is 2.17. The number of hydrogen-bond donors (Lipinski definition) is 2. The Bertz CT molecular complexity index is 940. The van der Waals surface area contributed by atoms with Crippen molar-refractivity contribution >= 4 is 23.5 Å². The molecule has 1 aliphatic heterocycles. The summed E-state index contributed by atoms with van der Waals surface area (Å²) in [5.41, 5.74) is 1.69. The second kappa shape index (κ2) is 11.4. The summed E-state index contributed by atoms with van der Waals surface area (Å²) in [5, 5.41) is 25.5. The monoisotopic (exact) mass is 445 g/mol. The van der Waals surface area contributed by atoms with Crippen molar-refractivity contribution in [3.8, 4) is 5.75 Å². The van der Waals surface area contributed by atoms with E-state index in [1.54, 1.807) is 12.0 Å². The van der Waals surface area contributed by atoms with Crippen LogP contribution in [-0.4, -0.2) is 76.1 Å². The van der Waals surface area contributed by atoms with Gasteiger partial charge in [0.05, 0.1) is 12.0 Å². The van der Waals surface area contributed by atoms with Crippen LogP contribution in [0.5, 0.6) is 5.75 Å². The third-order valence-electron chi connectivity index (χ3n) is 4.73. The summed E-state index contributed by atoms with van der Waals surface area (Å²) in [4.78, 5) is 45.1. The zero-order valence-corrected chi connectivity index (χ0v) is 17.3. The molecule has 3 rings (SSSR count). The fourth-order valence-corrected chi connectivity index (χ4v) is 3.01. The number of nitro groups is 1. The first-order chi connectivity index (χ1) is 15.2. The molecule has 11 nitrogen and oxygen atoms in total. The number of piperazine rings is 1. The van der Waals surface area contributed by atoms with Gasteiger partial charge in [0, 0.05) is 50.4 Å². The minimum absolute atomic E-state index is 0.00846. The maximum absolute atomic E-state index is 12.5. The molecular formula is C21H23N3O8. The molecule has 0 spiro atoms. The number of aliphatic carboxylic acids is 2. The van der Waals surface area contributed by atoms with Crippen LogP contribution >= 0.6 is 0 Å². The first-order valence-electron chi connectivity index (χ1n) is 9.56. The van der Waals surface area contributed by atoms with E-state index < -0.39 is 16.9 Å². The summed E-state index contributed by atoms with van der Waals surface area (Å²) in [6.07, 6.45) is 0. The second-order valence-corrected chi connectivity index (χ2v) is 6.83. The van der Waals surface area contributed by atoms with Crippen LogP contribution in [0.15, 0.2) is 48.5 Å². The van der Waals surface area contributed by atoms with Crippen LogP contribution in [0.3, 0.4) is 0 Å². The fraction of sp³-hybridized carbons (Fsp3) is 0.286. The molecule has 1 aliphatic rings. The Balaban J connectivity index is 0.000000534. The third-order valence-corrected chi connectivity index (χ3v) is 4.73. The van der Waals surface area contributed by atoms with Crippen molar-refractivity contribution in [2.24, 2.45) is 0 Å². The van der Waals surface area contributed by atoms with Gasteiger partial charge < -0.3 is 19.8 Å². The van der Waals surface area contributed by atoms with Crippen molar-refractivity contribution in [1.82, 2.24) is 9.80 Å². The Labute approximate surface area is 183 Å². The first kappa shape index (κ1) is 24.3. The highest BCUT2D eigenvalue weighted by atomic mass is 16.6. The van der Waals surface area contributed by atoms with Gasteiger partial charge in [-0.2, -0.15) is 0 Å². The lowest BCUT2D eigenvalue weighted by atomic mass is 10.1. The molecule has 2 aromatic rings. The average Bonchev–Trinajstić information content (AvgIpc) is 2.80. The standard InChI is InChI=1S/C19H21N3O4.C2H2O4/c1-26-18-8-2-15(3-9-18)14-20-10-12-21(13-11-20)19(23)16-4-6-17(7-5-16)22(24)25;3-1(4)2(5)6/h2-9H,10-14H2,1H3;(H,3,4)(H,5,6). The van der Waals surface area contributed by atoms with Crippen LogP contribution in [0.25, 0.3) is 0 Å². The number of nitrogens with zero attached hydrogens (tertiary/aromatic N) is 3. The molecule has 2 aromatic carbocycles. The number of ether oxygens (including phenoxy) is 1. The smallest absolute Gasteiger partial charge is 0.414 e. The van der Waals surface area contributed by atoms with Gasteiger partial charge in [0.15, 0.2) is 0 Å². The summed E-state index contributed by atoms with van der Waals surface area (Å²) in [6.45, 7) is 3.72. The maximum atomic E-state index is 12.5. The van der Waals surface area contributed by atoms with Crippen LogP contribution in [0.1, 0.15) is 15.9 Å². The van der Waals surface area contributed by atoms with E-state index in [-0.39, 0.29) is 11.6 Å². The fourth-order valence-electron chi connectivity index (χ4n) is 3.01. The molecule has 170 valence electrons. The van der Waals surface area contributed by atoms with Gasteiger partial charge in [0.25, 0.3) is 11.6 Å². The van der Waals surface area contributed by atoms with Crippen molar-refractivity contribution < 1.29 is 34.3 Å². The predicted molar refractivity (Wildman–Crippen MR) is 113 cm³/mol. The number of benzene rings is 2. The molecule has 2 N–H and O–H groups in total. The molecule has 11 heteroatoms. The lowest BCUT2D eigenvalue weighted by Crippen LogP contribution is -2.48. The number of carbonyl (C=O) groups excluding carboxylic acids is 1.